The van der Waals surface area contributed by atoms with Crippen LogP contribution in [-0.2, 0) is 14.3 Å². The number of carbonyl (C=O) groups excluding carboxylic acids is 1. The molecule has 0 radical (unpaired) electrons. The number of ketones is 1. The molecule has 29 heavy (non-hydrogen) atoms. The molecule has 0 saturated heterocycles. The zero-order valence-electron chi connectivity index (χ0n) is 18.8. The first-order valence-corrected chi connectivity index (χ1v) is 10.3. The molecule has 0 fully saturated rings. The van der Waals surface area contributed by atoms with E-state index in [4.69, 9.17) is 9.47 Å². The third-order valence-corrected chi connectivity index (χ3v) is 5.61. The molecule has 0 bridgehead atoms. The third kappa shape index (κ3) is 7.46. The lowest BCUT2D eigenvalue weighted by Crippen LogP contribution is -2.40. The van der Waals surface area contributed by atoms with Gasteiger partial charge in [-0.1, -0.05) is 36.3 Å². The Kier molecular flexibility index (Phi) is 11.0. The van der Waals surface area contributed by atoms with Crippen molar-refractivity contribution >= 4 is 5.78 Å². The summed E-state index contributed by atoms with van der Waals surface area (Å²) in [6, 6.07) is 0. The van der Waals surface area contributed by atoms with Gasteiger partial charge in [0.1, 0.15) is 12.8 Å². The van der Waals surface area contributed by atoms with Gasteiger partial charge in [0.15, 0.2) is 5.76 Å². The zero-order valence-corrected chi connectivity index (χ0v) is 18.8. The van der Waals surface area contributed by atoms with E-state index < -0.39 is 6.10 Å². The number of allylic oxidation sites excluding steroid dienone is 7. The summed E-state index contributed by atoms with van der Waals surface area (Å²) in [4.78, 5) is 12.5. The Hall–Kier alpha value is -1.88. The summed E-state index contributed by atoms with van der Waals surface area (Å²) < 4.78 is 22.8. The number of carbonyl (C=O) groups is 1. The summed E-state index contributed by atoms with van der Waals surface area (Å²) in [5.41, 5.74) is 3.33. The van der Waals surface area contributed by atoms with E-state index in [2.05, 4.69) is 26.0 Å². The summed E-state index contributed by atoms with van der Waals surface area (Å²) in [5, 5.41) is 10.6. The van der Waals surface area contributed by atoms with Crippen LogP contribution in [0, 0.1) is 11.8 Å². The molecule has 4 nitrogen and oxygen atoms in total. The van der Waals surface area contributed by atoms with Crippen LogP contribution in [0.3, 0.4) is 0 Å². The number of hydrogen-bond acceptors (Lipinski definition) is 4. The number of methoxy groups -OCH3 is 2. The number of halogens is 1. The molecular formula is C24H37FO4. The smallest absolute Gasteiger partial charge is 0.204 e. The van der Waals surface area contributed by atoms with Crippen molar-refractivity contribution in [3.8, 4) is 0 Å². The van der Waals surface area contributed by atoms with Crippen LogP contribution in [0.4, 0.5) is 4.39 Å². The Morgan fingerprint density at radius 2 is 1.55 bits per heavy atom. The van der Waals surface area contributed by atoms with Crippen LogP contribution in [0.2, 0.25) is 0 Å². The third-order valence-electron chi connectivity index (χ3n) is 5.61. The highest BCUT2D eigenvalue weighted by molar-refractivity contribution is 5.97. The molecule has 0 heterocycles. The van der Waals surface area contributed by atoms with E-state index in [9.17, 15) is 14.3 Å². The van der Waals surface area contributed by atoms with Crippen molar-refractivity contribution in [2.75, 3.05) is 20.9 Å². The van der Waals surface area contributed by atoms with Crippen LogP contribution in [0.15, 0.2) is 46.5 Å². The first kappa shape index (κ1) is 25.2. The molecule has 3 unspecified atom stereocenters. The number of aliphatic hydroxyl groups is 1. The second-order valence-corrected chi connectivity index (χ2v) is 7.96. The van der Waals surface area contributed by atoms with Gasteiger partial charge < -0.3 is 14.6 Å². The van der Waals surface area contributed by atoms with Gasteiger partial charge in [-0.3, -0.25) is 4.79 Å². The normalized spacial score (nSPS) is 24.2. The zero-order chi connectivity index (χ0) is 22.0. The molecular weight excluding hydrogens is 371 g/mol. The molecule has 0 saturated carbocycles. The highest BCUT2D eigenvalue weighted by atomic mass is 19.1. The summed E-state index contributed by atoms with van der Waals surface area (Å²) in [6.45, 7) is 7.45. The molecule has 0 aromatic rings. The topological polar surface area (TPSA) is 55.8 Å². The molecule has 164 valence electrons. The highest BCUT2D eigenvalue weighted by Gasteiger charge is 2.42. The maximum atomic E-state index is 12.5. The van der Waals surface area contributed by atoms with Gasteiger partial charge in [0.05, 0.1) is 14.2 Å². The van der Waals surface area contributed by atoms with E-state index in [1.807, 2.05) is 19.9 Å². The van der Waals surface area contributed by atoms with Crippen LogP contribution in [-0.4, -0.2) is 37.9 Å². The van der Waals surface area contributed by atoms with Gasteiger partial charge in [-0.15, -0.1) is 0 Å². The predicted molar refractivity (Wildman–Crippen MR) is 115 cm³/mol. The summed E-state index contributed by atoms with van der Waals surface area (Å²) in [7, 11) is 2.87. The monoisotopic (exact) mass is 408 g/mol. The number of rotatable bonds is 11. The Morgan fingerprint density at radius 1 is 1.00 bits per heavy atom. The number of hydrogen-bond donors (Lipinski definition) is 1. The van der Waals surface area contributed by atoms with Gasteiger partial charge in [-0.05, 0) is 58.4 Å². The quantitative estimate of drug-likeness (QED) is 0.462. The van der Waals surface area contributed by atoms with Crippen LogP contribution >= 0.6 is 0 Å². The van der Waals surface area contributed by atoms with E-state index in [0.29, 0.717) is 6.42 Å². The van der Waals surface area contributed by atoms with E-state index >= 15 is 0 Å². The Labute approximate surface area is 175 Å². The van der Waals surface area contributed by atoms with Gasteiger partial charge >= 0.3 is 0 Å². The molecule has 0 aromatic carbocycles. The van der Waals surface area contributed by atoms with Crippen molar-refractivity contribution in [3.05, 3.63) is 46.5 Å². The SMILES string of the molecule is COC1=C(OC)C(O)C(C/C=C(\C)CC/C=C(\C)CC/C=C(\C)CF)C(C)C1=O. The van der Waals surface area contributed by atoms with Gasteiger partial charge in [0, 0.05) is 11.8 Å². The molecule has 0 aliphatic heterocycles. The van der Waals surface area contributed by atoms with Crippen LogP contribution in [0.1, 0.15) is 59.8 Å². The fourth-order valence-corrected chi connectivity index (χ4v) is 3.56. The van der Waals surface area contributed by atoms with Crippen molar-refractivity contribution < 1.29 is 23.8 Å². The Bertz CT molecular complexity index is 672. The van der Waals surface area contributed by atoms with Gasteiger partial charge in [0.2, 0.25) is 11.5 Å². The largest absolute Gasteiger partial charge is 0.494 e. The van der Waals surface area contributed by atoms with Crippen molar-refractivity contribution in [3.63, 3.8) is 0 Å². The van der Waals surface area contributed by atoms with Crippen molar-refractivity contribution in [2.24, 2.45) is 11.8 Å². The fraction of sp³-hybridized carbons (Fsp3) is 0.625. The number of aliphatic hydroxyl groups excluding tert-OH is 1. The lowest BCUT2D eigenvalue weighted by atomic mass is 9.77. The average Bonchev–Trinajstić information content (AvgIpc) is 2.70. The molecule has 0 amide bonds. The van der Waals surface area contributed by atoms with Crippen LogP contribution in [0.5, 0.6) is 0 Å². The van der Waals surface area contributed by atoms with Crippen molar-refractivity contribution in [2.45, 2.75) is 65.9 Å². The maximum Gasteiger partial charge on any atom is 0.204 e. The first-order chi connectivity index (χ1) is 13.8. The van der Waals surface area contributed by atoms with Gasteiger partial charge in [-0.25, -0.2) is 4.39 Å². The molecule has 5 heteroatoms. The molecule has 0 spiro atoms. The number of alkyl halides is 1. The summed E-state index contributed by atoms with van der Waals surface area (Å²) in [5.74, 6) is -0.329. The minimum atomic E-state index is -0.852. The van der Waals surface area contributed by atoms with E-state index in [-0.39, 0.29) is 35.8 Å². The Balaban J connectivity index is 2.61. The second-order valence-electron chi connectivity index (χ2n) is 7.96. The van der Waals surface area contributed by atoms with E-state index in [1.165, 1.54) is 25.4 Å². The number of Topliss-reactive ketones (excluding diaryl/α,β-unsaturated/α-hetero) is 1. The summed E-state index contributed by atoms with van der Waals surface area (Å²) in [6.07, 6.45) is 9.75. The van der Waals surface area contributed by atoms with E-state index in [1.54, 1.807) is 0 Å². The molecule has 1 rings (SSSR count). The first-order valence-electron chi connectivity index (χ1n) is 10.3. The molecule has 0 aromatic heterocycles. The van der Waals surface area contributed by atoms with E-state index in [0.717, 1.165) is 31.3 Å². The predicted octanol–water partition coefficient (Wildman–Crippen LogP) is 5.45. The minimum Gasteiger partial charge on any atom is -0.494 e. The Morgan fingerprint density at radius 3 is 2.07 bits per heavy atom. The number of ether oxygens (including phenoxy) is 2. The van der Waals surface area contributed by atoms with Crippen LogP contribution < -0.4 is 0 Å². The average molecular weight is 409 g/mol. The van der Waals surface area contributed by atoms with Crippen molar-refractivity contribution in [1.82, 2.24) is 0 Å². The van der Waals surface area contributed by atoms with Crippen LogP contribution in [0.25, 0.3) is 0 Å². The second kappa shape index (κ2) is 12.6. The maximum absolute atomic E-state index is 12.5. The van der Waals surface area contributed by atoms with Crippen molar-refractivity contribution in [1.29, 1.82) is 0 Å². The summed E-state index contributed by atoms with van der Waals surface area (Å²) >= 11 is 0. The molecule has 1 N–H and O–H groups in total. The van der Waals surface area contributed by atoms with Gasteiger partial charge in [0.25, 0.3) is 0 Å². The lowest BCUT2D eigenvalue weighted by molar-refractivity contribution is -0.128. The molecule has 1 aliphatic carbocycles. The molecule has 1 aliphatic rings. The lowest BCUT2D eigenvalue weighted by Gasteiger charge is -2.33. The fourth-order valence-electron chi connectivity index (χ4n) is 3.56. The standard InChI is InChI=1S/C24H37FO4/c1-16(10-8-12-18(3)15-25)9-7-11-17(2)13-14-20-19(4)21(26)23(28-5)24(29-6)22(20)27/h9,12-13,19-20,22,27H,7-8,10-11,14-15H2,1-6H3/b16-9+,17-13+,18-12+. The highest BCUT2D eigenvalue weighted by Crippen LogP contribution is 2.35. The van der Waals surface area contributed by atoms with Gasteiger partial charge in [-0.2, -0.15) is 0 Å². The molecule has 3 atom stereocenters. The minimum absolute atomic E-state index is 0.124.